The number of benzene rings is 10. The van der Waals surface area contributed by atoms with Crippen LogP contribution >= 0.6 is 0 Å². The first kappa shape index (κ1) is 40.7. The molecule has 0 fully saturated rings. The minimum atomic E-state index is -0.498. The number of rotatable bonds is 6. The van der Waals surface area contributed by atoms with Gasteiger partial charge in [0.05, 0.1) is 11.1 Å². The van der Waals surface area contributed by atoms with Gasteiger partial charge in [-0.2, -0.15) is 0 Å². The van der Waals surface area contributed by atoms with Crippen LogP contribution in [0.1, 0.15) is 47.2 Å². The molecule has 0 aliphatic heterocycles. The molecule has 0 amide bonds. The van der Waals surface area contributed by atoms with Gasteiger partial charge in [-0.3, -0.25) is 0 Å². The molecule has 0 N–H and O–H groups in total. The van der Waals surface area contributed by atoms with Crippen molar-refractivity contribution in [2.24, 2.45) is 0 Å². The SMILES string of the molecule is CC1(C)c2ccccc2-c2ccc(N(c3cccc(-c4nc(-c5ccccc5)nc(-c5cccc6oc7ccccc7c56)n4)c3)c3cccc4c3-c3ccccc3C43c4ccccc4-c4ccccc43)cc21. The number of fused-ring (bicyclic) bond motifs is 16. The van der Waals surface area contributed by atoms with Crippen molar-refractivity contribution < 1.29 is 4.42 Å². The Kier molecular flexibility index (Phi) is 8.56. The Bertz CT molecular complexity index is 4180. The molecular formula is C67H44N4O. The van der Waals surface area contributed by atoms with Gasteiger partial charge in [0.1, 0.15) is 11.2 Å². The highest BCUT2D eigenvalue weighted by Gasteiger charge is 2.52. The lowest BCUT2D eigenvalue weighted by Crippen LogP contribution is -2.26. The van der Waals surface area contributed by atoms with Crippen LogP contribution in [0.15, 0.2) is 235 Å². The Morgan fingerprint density at radius 2 is 0.875 bits per heavy atom. The molecule has 15 rings (SSSR count). The molecule has 12 aromatic rings. The van der Waals surface area contributed by atoms with Crippen LogP contribution in [0.4, 0.5) is 17.1 Å². The summed E-state index contributed by atoms with van der Waals surface area (Å²) >= 11 is 0. The molecular weight excluding hydrogens is 877 g/mol. The van der Waals surface area contributed by atoms with E-state index in [0.717, 1.165) is 55.7 Å². The second-order valence-corrected chi connectivity index (χ2v) is 19.8. The van der Waals surface area contributed by atoms with Crippen LogP contribution in [0.3, 0.4) is 0 Å². The maximum absolute atomic E-state index is 6.37. The third-order valence-electron chi connectivity index (χ3n) is 15.7. The minimum absolute atomic E-state index is 0.208. The maximum atomic E-state index is 6.37. The molecule has 0 saturated heterocycles. The van der Waals surface area contributed by atoms with Gasteiger partial charge in [-0.05, 0) is 104 Å². The summed E-state index contributed by atoms with van der Waals surface area (Å²) in [5.41, 5.74) is 22.2. The fourth-order valence-electron chi connectivity index (χ4n) is 12.7. The minimum Gasteiger partial charge on any atom is -0.456 e. The lowest BCUT2D eigenvalue weighted by atomic mass is 9.70. The molecule has 0 radical (unpaired) electrons. The molecule has 1 spiro atoms. The summed E-state index contributed by atoms with van der Waals surface area (Å²) in [6.45, 7) is 4.72. The normalized spacial score (nSPS) is 13.9. The van der Waals surface area contributed by atoms with Gasteiger partial charge in [-0.15, -0.1) is 0 Å². The molecule has 0 atom stereocenters. The molecule has 5 nitrogen and oxygen atoms in total. The average molecular weight is 921 g/mol. The summed E-state index contributed by atoms with van der Waals surface area (Å²) in [5, 5.41) is 2.00. The molecule has 0 bridgehead atoms. The van der Waals surface area contributed by atoms with E-state index in [2.05, 4.69) is 201 Å². The number of aromatic nitrogens is 3. The summed E-state index contributed by atoms with van der Waals surface area (Å²) < 4.78 is 6.37. The second-order valence-electron chi connectivity index (χ2n) is 19.8. The molecule has 5 heteroatoms. The first-order valence-electron chi connectivity index (χ1n) is 24.8. The molecule has 338 valence electrons. The fraction of sp³-hybridized carbons (Fsp3) is 0.0597. The van der Waals surface area contributed by atoms with Gasteiger partial charge in [0.15, 0.2) is 17.5 Å². The van der Waals surface area contributed by atoms with Crippen LogP contribution in [0.5, 0.6) is 0 Å². The number of anilines is 3. The Balaban J connectivity index is 0.977. The third kappa shape index (κ3) is 5.62. The summed E-state index contributed by atoms with van der Waals surface area (Å²) in [6, 6.07) is 83.2. The van der Waals surface area contributed by atoms with Gasteiger partial charge < -0.3 is 9.32 Å². The number of para-hydroxylation sites is 1. The van der Waals surface area contributed by atoms with E-state index in [9.17, 15) is 0 Å². The molecule has 10 aromatic carbocycles. The van der Waals surface area contributed by atoms with Crippen molar-refractivity contribution in [2.75, 3.05) is 4.90 Å². The van der Waals surface area contributed by atoms with E-state index in [-0.39, 0.29) is 5.41 Å². The summed E-state index contributed by atoms with van der Waals surface area (Å²) in [4.78, 5) is 18.3. The van der Waals surface area contributed by atoms with Crippen LogP contribution in [0.2, 0.25) is 0 Å². The summed E-state index contributed by atoms with van der Waals surface area (Å²) in [5.74, 6) is 1.76. The van der Waals surface area contributed by atoms with Crippen molar-refractivity contribution in [1.29, 1.82) is 0 Å². The van der Waals surface area contributed by atoms with Crippen molar-refractivity contribution in [3.8, 4) is 67.5 Å². The Morgan fingerprint density at radius 1 is 0.361 bits per heavy atom. The highest BCUT2D eigenvalue weighted by Crippen LogP contribution is 2.65. The van der Waals surface area contributed by atoms with E-state index in [1.165, 1.54) is 66.8 Å². The average Bonchev–Trinajstić information content (AvgIpc) is 4.14. The van der Waals surface area contributed by atoms with E-state index < -0.39 is 5.41 Å². The van der Waals surface area contributed by atoms with Gasteiger partial charge in [0.25, 0.3) is 0 Å². The number of furan rings is 1. The molecule has 2 heterocycles. The predicted octanol–water partition coefficient (Wildman–Crippen LogP) is 16.9. The third-order valence-corrected chi connectivity index (χ3v) is 15.7. The maximum Gasteiger partial charge on any atom is 0.164 e. The van der Waals surface area contributed by atoms with Crippen LogP contribution in [-0.4, -0.2) is 15.0 Å². The molecule has 0 unspecified atom stereocenters. The number of hydrogen-bond acceptors (Lipinski definition) is 5. The second kappa shape index (κ2) is 15.2. The van der Waals surface area contributed by atoms with Crippen LogP contribution in [0.25, 0.3) is 89.5 Å². The Hall–Kier alpha value is -9.19. The highest BCUT2D eigenvalue weighted by molar-refractivity contribution is 6.12. The predicted molar refractivity (Wildman–Crippen MR) is 292 cm³/mol. The lowest BCUT2D eigenvalue weighted by Gasteiger charge is -2.32. The van der Waals surface area contributed by atoms with Gasteiger partial charge in [-0.1, -0.05) is 202 Å². The molecule has 2 aromatic heterocycles. The molecule has 3 aliphatic rings. The Labute approximate surface area is 417 Å². The van der Waals surface area contributed by atoms with Crippen molar-refractivity contribution in [3.63, 3.8) is 0 Å². The van der Waals surface area contributed by atoms with Crippen LogP contribution in [0, 0.1) is 0 Å². The summed E-state index contributed by atoms with van der Waals surface area (Å²) in [7, 11) is 0. The fourth-order valence-corrected chi connectivity index (χ4v) is 12.7. The number of hydrogen-bond donors (Lipinski definition) is 0. The van der Waals surface area contributed by atoms with E-state index in [1.807, 2.05) is 48.5 Å². The van der Waals surface area contributed by atoms with E-state index in [1.54, 1.807) is 0 Å². The standard InChI is InChI=1S/C67H44N4O/c1-66(2)52-29-11-6-23-45(52)48-38-37-44(40-57(48)66)71(58-34-18-33-56-62(58)49-26-9-14-32-55(49)67(56)53-30-12-7-24-46(53)47-25-8-13-31-54(47)67)43-22-16-21-42(39-43)64-68-63(41-19-4-3-5-20-41)69-65(70-64)51-28-17-36-60-61(51)50-27-10-15-35-59(50)72-60/h3-40H,1-2H3. The molecule has 0 saturated carbocycles. The van der Waals surface area contributed by atoms with Gasteiger partial charge in [-0.25, -0.2) is 15.0 Å². The largest absolute Gasteiger partial charge is 0.456 e. The van der Waals surface area contributed by atoms with Gasteiger partial charge in [0.2, 0.25) is 0 Å². The lowest BCUT2D eigenvalue weighted by molar-refractivity contribution is 0.660. The highest BCUT2D eigenvalue weighted by atomic mass is 16.3. The molecule has 3 aliphatic carbocycles. The van der Waals surface area contributed by atoms with E-state index in [0.29, 0.717) is 17.5 Å². The molecule has 72 heavy (non-hydrogen) atoms. The monoisotopic (exact) mass is 920 g/mol. The van der Waals surface area contributed by atoms with Crippen LogP contribution in [-0.2, 0) is 10.8 Å². The quantitative estimate of drug-likeness (QED) is 0.166. The smallest absolute Gasteiger partial charge is 0.164 e. The van der Waals surface area contributed by atoms with Crippen molar-refractivity contribution in [3.05, 3.63) is 264 Å². The van der Waals surface area contributed by atoms with Gasteiger partial charge >= 0.3 is 0 Å². The zero-order valence-electron chi connectivity index (χ0n) is 39.6. The first-order valence-corrected chi connectivity index (χ1v) is 24.8. The Morgan fingerprint density at radius 3 is 1.64 bits per heavy atom. The first-order chi connectivity index (χ1) is 35.5. The van der Waals surface area contributed by atoms with Crippen LogP contribution < -0.4 is 4.90 Å². The van der Waals surface area contributed by atoms with E-state index in [4.69, 9.17) is 19.4 Å². The van der Waals surface area contributed by atoms with Crippen molar-refractivity contribution in [2.45, 2.75) is 24.7 Å². The number of nitrogens with zero attached hydrogens (tertiary/aromatic N) is 4. The zero-order valence-corrected chi connectivity index (χ0v) is 39.6. The van der Waals surface area contributed by atoms with Crippen molar-refractivity contribution >= 4 is 39.0 Å². The van der Waals surface area contributed by atoms with E-state index >= 15 is 0 Å². The van der Waals surface area contributed by atoms with Gasteiger partial charge in [0, 0.05) is 49.8 Å². The summed E-state index contributed by atoms with van der Waals surface area (Å²) in [6.07, 6.45) is 0. The van der Waals surface area contributed by atoms with Crippen molar-refractivity contribution in [1.82, 2.24) is 15.0 Å². The zero-order chi connectivity index (χ0) is 47.7. The topological polar surface area (TPSA) is 55.1 Å².